The first-order valence-electron chi connectivity index (χ1n) is 4.87. The van der Waals surface area contributed by atoms with E-state index in [9.17, 15) is 0 Å². The van der Waals surface area contributed by atoms with Crippen molar-refractivity contribution in [2.75, 3.05) is 26.7 Å². The van der Waals surface area contributed by atoms with Crippen LogP contribution < -0.4 is 0 Å². The van der Waals surface area contributed by atoms with E-state index in [4.69, 9.17) is 4.74 Å². The van der Waals surface area contributed by atoms with E-state index < -0.39 is 0 Å². The maximum absolute atomic E-state index is 5.79. The van der Waals surface area contributed by atoms with Gasteiger partial charge < -0.3 is 9.64 Å². The topological polar surface area (TPSA) is 12.5 Å². The van der Waals surface area contributed by atoms with Gasteiger partial charge in [0, 0.05) is 6.54 Å². The maximum Gasteiger partial charge on any atom is 0.0670 e. The third-order valence-corrected chi connectivity index (χ3v) is 3.05. The van der Waals surface area contributed by atoms with E-state index in [0.717, 1.165) is 19.1 Å². The van der Waals surface area contributed by atoms with Crippen molar-refractivity contribution in [2.45, 2.75) is 25.9 Å². The second-order valence-corrected chi connectivity index (χ2v) is 4.32. The summed E-state index contributed by atoms with van der Waals surface area (Å²) in [5.74, 6) is 2.34. The zero-order valence-electron chi connectivity index (χ0n) is 8.30. The summed E-state index contributed by atoms with van der Waals surface area (Å²) < 4.78 is 5.79. The molecule has 0 saturated carbocycles. The molecule has 85 valence electrons. The second kappa shape index (κ2) is 3.75. The first kappa shape index (κ1) is 10.0. The van der Waals surface area contributed by atoms with Crippen LogP contribution in [0.4, 0.5) is 0 Å². The largest absolute Gasteiger partial charge is 0.408 e. The van der Waals surface area contributed by atoms with Gasteiger partial charge in [-0.15, -0.1) is 0 Å². The Balaban J connectivity index is 0.000000845. The van der Waals surface area contributed by atoms with Crippen molar-refractivity contribution in [3.05, 3.63) is 5.92 Å². The molecule has 2 aliphatic heterocycles. The molecule has 2 atom stereocenters. The van der Waals surface area contributed by atoms with Gasteiger partial charge in [0.1, 0.15) is 0 Å². The minimum absolute atomic E-state index is 0. The smallest absolute Gasteiger partial charge is 0.0670 e. The summed E-state index contributed by atoms with van der Waals surface area (Å²) in [6, 6.07) is 0. The number of fused-ring (bicyclic) bond motifs is 1. The molecule has 0 aliphatic carbocycles. The van der Waals surface area contributed by atoms with Gasteiger partial charge >= 0.3 is 0 Å². The monoisotopic (exact) mass is 430 g/mol. The summed E-state index contributed by atoms with van der Waals surface area (Å²) in [5.41, 5.74) is 0. The molecule has 0 spiro atoms. The number of nitrogens with zero attached hydrogens (tertiary/aromatic N) is 1. The molecule has 0 bridgehead atoms. The van der Waals surface area contributed by atoms with Crippen LogP contribution >= 0.6 is 0 Å². The van der Waals surface area contributed by atoms with Crippen LogP contribution in [0.2, 0.25) is 0 Å². The fraction of sp³-hybridized carbons (Fsp3) is 0.900. The predicted octanol–water partition coefficient (Wildman–Crippen LogP) is 1.32. The van der Waals surface area contributed by atoms with Crippen molar-refractivity contribution >= 4 is 0 Å². The van der Waals surface area contributed by atoms with Crippen LogP contribution in [0.1, 0.15) is 19.8 Å². The molecular formula is C10H18LrNO-. The van der Waals surface area contributed by atoms with Gasteiger partial charge in [-0.05, 0) is 25.9 Å². The maximum atomic E-state index is 5.79. The zero-order chi connectivity index (χ0) is 8.55. The molecule has 3 heteroatoms. The molecule has 1 radical (unpaired) electrons. The number of likely N-dealkylation sites (tertiary alicyclic amines) is 1. The average molecular weight is 430 g/mol. The number of rotatable bonds is 0. The van der Waals surface area contributed by atoms with E-state index in [1.165, 1.54) is 25.3 Å². The fourth-order valence-electron chi connectivity index (χ4n) is 2.30. The van der Waals surface area contributed by atoms with Crippen LogP contribution in [0.25, 0.3) is 0 Å². The second-order valence-electron chi connectivity index (χ2n) is 4.32. The van der Waals surface area contributed by atoms with Crippen LogP contribution in [-0.2, 0) is 4.74 Å². The molecule has 0 N–H and O–H groups in total. The van der Waals surface area contributed by atoms with Crippen molar-refractivity contribution in [1.29, 1.82) is 0 Å². The third-order valence-electron chi connectivity index (χ3n) is 3.05. The number of hydrogen-bond donors (Lipinski definition) is 0. The van der Waals surface area contributed by atoms with Gasteiger partial charge in [-0.1, -0.05) is 6.61 Å². The third kappa shape index (κ3) is 1.99. The van der Waals surface area contributed by atoms with Crippen molar-refractivity contribution < 1.29 is 4.74 Å². The molecular weight excluding hydrogens is 412 g/mol. The van der Waals surface area contributed by atoms with Crippen molar-refractivity contribution in [3.63, 3.8) is 0 Å². The Morgan fingerprint density at radius 2 is 2.23 bits per heavy atom. The Labute approximate surface area is 74.9 Å². The molecule has 0 aromatic carbocycles. The van der Waals surface area contributed by atoms with E-state index in [0.29, 0.717) is 6.10 Å². The molecule has 2 nitrogen and oxygen atoms in total. The molecule has 2 fully saturated rings. The summed E-state index contributed by atoms with van der Waals surface area (Å²) in [5, 5.41) is 0. The van der Waals surface area contributed by atoms with Crippen LogP contribution in [0.15, 0.2) is 0 Å². The van der Waals surface area contributed by atoms with Crippen LogP contribution in [0, 0.1) is 11.8 Å². The van der Waals surface area contributed by atoms with Crippen molar-refractivity contribution in [3.8, 4) is 0 Å². The fourth-order valence-corrected chi connectivity index (χ4v) is 2.30. The van der Waals surface area contributed by atoms with E-state index >= 15 is 0 Å². The van der Waals surface area contributed by atoms with Gasteiger partial charge in [0.25, 0.3) is 0 Å². The minimum Gasteiger partial charge on any atom is -0.408 e. The van der Waals surface area contributed by atoms with Crippen molar-refractivity contribution in [1.82, 2.24) is 4.90 Å². The molecule has 13 heavy (non-hydrogen) atoms. The average Bonchev–Trinajstić information content (AvgIpc) is 2.05. The van der Waals surface area contributed by atoms with E-state index in [1.54, 1.807) is 0 Å². The van der Waals surface area contributed by atoms with Gasteiger partial charge in [0.05, 0.1) is 6.10 Å². The van der Waals surface area contributed by atoms with Gasteiger partial charge in [-0.25, -0.2) is 0 Å². The molecule has 0 amide bonds. The van der Waals surface area contributed by atoms with Crippen molar-refractivity contribution in [2.24, 2.45) is 5.92 Å². The molecule has 2 unspecified atom stereocenters. The molecule has 2 heterocycles. The first-order chi connectivity index (χ1) is 5.75. The molecule has 2 rings (SSSR count). The van der Waals surface area contributed by atoms with Gasteiger partial charge in [0.15, 0.2) is 0 Å². The Kier molecular flexibility index (Phi) is 2.89. The summed E-state index contributed by atoms with van der Waals surface area (Å²) in [6.45, 7) is 5.50. The van der Waals surface area contributed by atoms with Gasteiger partial charge in [0.2, 0.25) is 0 Å². The number of hydrogen-bond acceptors (Lipinski definition) is 2. The zero-order valence-corrected chi connectivity index (χ0v) is 10.5. The Hall–Kier alpha value is -1.08. The van der Waals surface area contributed by atoms with E-state index in [2.05, 4.69) is 18.9 Å². The van der Waals surface area contributed by atoms with Crippen LogP contribution in [0.5, 0.6) is 0 Å². The molecule has 0 aromatic heterocycles. The number of likely N-dealkylation sites (N-methyl/N-ethyl adjacent to an activating group) is 1. The molecule has 2 aliphatic rings. The summed E-state index contributed by atoms with van der Waals surface area (Å²) in [7, 11) is 2.19. The number of piperidine rings is 1. The van der Waals surface area contributed by atoms with Gasteiger partial charge in [-0.2, -0.15) is 13.3 Å². The first-order valence-corrected chi connectivity index (χ1v) is 4.87. The quantitative estimate of drug-likeness (QED) is 0.538. The minimum atomic E-state index is 0. The Morgan fingerprint density at radius 3 is 3.00 bits per heavy atom. The predicted molar refractivity (Wildman–Crippen MR) is 48.9 cm³/mol. The normalized spacial score (nSPS) is 36.5. The summed E-state index contributed by atoms with van der Waals surface area (Å²) in [4.78, 5) is 2.38. The Morgan fingerprint density at radius 1 is 1.46 bits per heavy atom. The Bertz CT molecular complexity index is 147. The SMILES string of the molecule is C[C-]1COC2CN(C)CCC2C1.[Lr]. The van der Waals surface area contributed by atoms with E-state index in [-0.39, 0.29) is 0 Å². The van der Waals surface area contributed by atoms with Crippen LogP contribution in [-0.4, -0.2) is 37.7 Å². The van der Waals surface area contributed by atoms with Gasteiger partial charge in [-0.3, -0.25) is 5.92 Å². The number of ether oxygens (including phenoxy) is 1. The van der Waals surface area contributed by atoms with Crippen LogP contribution in [0.3, 0.4) is 0 Å². The standard InChI is InChI=1S/C10H18NO.Lr/c1-8-5-9-3-4-11(2)6-10(9)12-7-8;/h9-10H,3-7H2,1-2H3;/q-1;. The summed E-state index contributed by atoms with van der Waals surface area (Å²) >= 11 is 0. The van der Waals surface area contributed by atoms with E-state index in [1.807, 2.05) is 0 Å². The molecule has 0 aromatic rings. The molecule has 2 saturated heterocycles. The summed E-state index contributed by atoms with van der Waals surface area (Å²) in [6.07, 6.45) is 3.14.